The van der Waals surface area contributed by atoms with Crippen molar-refractivity contribution in [2.24, 2.45) is 5.14 Å². The number of nitrogens with two attached hydrogens (primary N) is 1. The van der Waals surface area contributed by atoms with Crippen LogP contribution in [0.4, 0.5) is 0 Å². The van der Waals surface area contributed by atoms with E-state index in [4.69, 9.17) is 9.66 Å². The van der Waals surface area contributed by atoms with Crippen LogP contribution in [0.1, 0.15) is 12.7 Å². The molecule has 0 aliphatic rings. The molecule has 0 unspecified atom stereocenters. The number of rotatable bonds is 3. The second kappa shape index (κ2) is 4.27. The number of aryl methyl sites for hydroxylation is 1. The molecule has 1 aromatic carbocycles. The van der Waals surface area contributed by atoms with Gasteiger partial charge in [0.25, 0.3) is 5.89 Å². The monoisotopic (exact) mass is 253 g/mol. The average molecular weight is 253 g/mol. The van der Waals surface area contributed by atoms with Gasteiger partial charge in [-0.15, -0.1) is 0 Å². The molecule has 1 aromatic heterocycles. The molecule has 0 atom stereocenters. The molecule has 2 aromatic rings. The van der Waals surface area contributed by atoms with Crippen LogP contribution >= 0.6 is 0 Å². The SMILES string of the molecule is CCc1noc(-c2ccccc2S(N)(=O)=O)n1. The van der Waals surface area contributed by atoms with Crippen LogP contribution in [-0.4, -0.2) is 18.6 Å². The van der Waals surface area contributed by atoms with Gasteiger partial charge in [0, 0.05) is 6.42 Å². The van der Waals surface area contributed by atoms with Crippen LogP contribution in [0.2, 0.25) is 0 Å². The van der Waals surface area contributed by atoms with Gasteiger partial charge >= 0.3 is 0 Å². The molecule has 2 rings (SSSR count). The highest BCUT2D eigenvalue weighted by molar-refractivity contribution is 7.89. The van der Waals surface area contributed by atoms with E-state index in [-0.39, 0.29) is 10.8 Å². The summed E-state index contributed by atoms with van der Waals surface area (Å²) in [5.74, 6) is 0.677. The third-order valence-electron chi connectivity index (χ3n) is 2.21. The molecular formula is C10H11N3O3S. The molecular weight excluding hydrogens is 242 g/mol. The minimum atomic E-state index is -3.81. The smallest absolute Gasteiger partial charge is 0.259 e. The summed E-state index contributed by atoms with van der Waals surface area (Å²) in [6.45, 7) is 1.88. The van der Waals surface area contributed by atoms with Gasteiger partial charge in [-0.1, -0.05) is 24.2 Å². The first kappa shape index (κ1) is 11.7. The zero-order valence-corrected chi connectivity index (χ0v) is 9.94. The predicted octanol–water partition coefficient (Wildman–Crippen LogP) is 0.946. The van der Waals surface area contributed by atoms with Gasteiger partial charge in [-0.3, -0.25) is 0 Å². The standard InChI is InChI=1S/C10H11N3O3S/c1-2-9-12-10(16-13-9)7-5-3-4-6-8(7)17(11,14)15/h3-6H,2H2,1H3,(H2,11,14,15). The van der Waals surface area contributed by atoms with E-state index in [0.29, 0.717) is 17.8 Å². The van der Waals surface area contributed by atoms with E-state index in [1.54, 1.807) is 18.2 Å². The summed E-state index contributed by atoms with van der Waals surface area (Å²) < 4.78 is 27.8. The molecule has 1 heterocycles. The largest absolute Gasteiger partial charge is 0.334 e. The number of primary sulfonamides is 1. The maximum Gasteiger partial charge on any atom is 0.259 e. The summed E-state index contributed by atoms with van der Waals surface area (Å²) in [7, 11) is -3.81. The fourth-order valence-electron chi connectivity index (χ4n) is 1.40. The molecule has 0 amide bonds. The van der Waals surface area contributed by atoms with E-state index in [1.165, 1.54) is 6.07 Å². The maximum absolute atomic E-state index is 11.4. The Kier molecular flexibility index (Phi) is 2.95. The van der Waals surface area contributed by atoms with Crippen molar-refractivity contribution < 1.29 is 12.9 Å². The Balaban J connectivity index is 2.60. The Bertz CT molecular complexity index is 634. The topological polar surface area (TPSA) is 99.1 Å². The van der Waals surface area contributed by atoms with Gasteiger partial charge in [-0.2, -0.15) is 4.98 Å². The Morgan fingerprint density at radius 1 is 1.35 bits per heavy atom. The first-order valence-electron chi connectivity index (χ1n) is 4.97. The molecule has 7 heteroatoms. The number of nitrogens with zero attached hydrogens (tertiary/aromatic N) is 2. The molecule has 0 aliphatic carbocycles. The Labute approximate surface area is 98.5 Å². The molecule has 0 spiro atoms. The summed E-state index contributed by atoms with van der Waals surface area (Å²) in [5.41, 5.74) is 0.321. The normalized spacial score (nSPS) is 11.6. The van der Waals surface area contributed by atoms with Crippen LogP contribution in [0.15, 0.2) is 33.7 Å². The van der Waals surface area contributed by atoms with Crippen LogP contribution in [0, 0.1) is 0 Å². The first-order chi connectivity index (χ1) is 8.02. The number of benzene rings is 1. The number of aromatic nitrogens is 2. The van der Waals surface area contributed by atoms with Gasteiger partial charge in [-0.25, -0.2) is 13.6 Å². The molecule has 2 N–H and O–H groups in total. The summed E-state index contributed by atoms with van der Waals surface area (Å²) >= 11 is 0. The quantitative estimate of drug-likeness (QED) is 0.877. The van der Waals surface area contributed by atoms with E-state index in [0.717, 1.165) is 0 Å². The van der Waals surface area contributed by atoms with Crippen LogP contribution in [-0.2, 0) is 16.4 Å². The van der Waals surface area contributed by atoms with Crippen LogP contribution in [0.3, 0.4) is 0 Å². The summed E-state index contributed by atoms with van der Waals surface area (Å²) in [5, 5.41) is 8.83. The third kappa shape index (κ3) is 2.34. The van der Waals surface area contributed by atoms with Crippen molar-refractivity contribution in [3.05, 3.63) is 30.1 Å². The van der Waals surface area contributed by atoms with Gasteiger partial charge in [0.2, 0.25) is 10.0 Å². The van der Waals surface area contributed by atoms with Crippen molar-refractivity contribution in [2.45, 2.75) is 18.2 Å². The molecule has 6 nitrogen and oxygen atoms in total. The van der Waals surface area contributed by atoms with Gasteiger partial charge in [0.1, 0.15) is 0 Å². The highest BCUT2D eigenvalue weighted by Gasteiger charge is 2.18. The molecule has 0 fully saturated rings. The molecule has 90 valence electrons. The van der Waals surface area contributed by atoms with Crippen LogP contribution in [0.5, 0.6) is 0 Å². The Morgan fingerprint density at radius 3 is 2.65 bits per heavy atom. The fourth-order valence-corrected chi connectivity index (χ4v) is 2.13. The van der Waals surface area contributed by atoms with E-state index in [9.17, 15) is 8.42 Å². The summed E-state index contributed by atoms with van der Waals surface area (Å²) in [4.78, 5) is 4.05. The van der Waals surface area contributed by atoms with Gasteiger partial charge in [0.05, 0.1) is 10.5 Å². The fraction of sp³-hybridized carbons (Fsp3) is 0.200. The van der Waals surface area contributed by atoms with E-state index >= 15 is 0 Å². The lowest BCUT2D eigenvalue weighted by Crippen LogP contribution is -2.13. The molecule has 0 radical (unpaired) electrons. The molecule has 0 aliphatic heterocycles. The van der Waals surface area contributed by atoms with Crippen molar-refractivity contribution in [2.75, 3.05) is 0 Å². The van der Waals surface area contributed by atoms with Crippen molar-refractivity contribution in [1.82, 2.24) is 10.1 Å². The van der Waals surface area contributed by atoms with Crippen LogP contribution < -0.4 is 5.14 Å². The summed E-state index contributed by atoms with van der Waals surface area (Å²) in [6.07, 6.45) is 0.612. The number of hydrogen-bond acceptors (Lipinski definition) is 5. The first-order valence-corrected chi connectivity index (χ1v) is 6.52. The zero-order valence-electron chi connectivity index (χ0n) is 9.12. The second-order valence-corrected chi connectivity index (χ2v) is 4.94. The van der Waals surface area contributed by atoms with Crippen molar-refractivity contribution >= 4 is 10.0 Å². The minimum Gasteiger partial charge on any atom is -0.334 e. The van der Waals surface area contributed by atoms with Crippen molar-refractivity contribution in [1.29, 1.82) is 0 Å². The Hall–Kier alpha value is -1.73. The lowest BCUT2D eigenvalue weighted by atomic mass is 10.2. The highest BCUT2D eigenvalue weighted by atomic mass is 32.2. The predicted molar refractivity (Wildman–Crippen MR) is 60.5 cm³/mol. The number of hydrogen-bond donors (Lipinski definition) is 1. The van der Waals surface area contributed by atoms with Crippen molar-refractivity contribution in [3.8, 4) is 11.5 Å². The Morgan fingerprint density at radius 2 is 2.06 bits per heavy atom. The van der Waals surface area contributed by atoms with E-state index in [1.807, 2.05) is 6.92 Å². The van der Waals surface area contributed by atoms with E-state index in [2.05, 4.69) is 10.1 Å². The molecule has 0 saturated heterocycles. The highest BCUT2D eigenvalue weighted by Crippen LogP contribution is 2.24. The molecule has 0 saturated carbocycles. The van der Waals surface area contributed by atoms with Crippen LogP contribution in [0.25, 0.3) is 11.5 Å². The minimum absolute atomic E-state index is 0.0219. The van der Waals surface area contributed by atoms with Gasteiger partial charge in [0.15, 0.2) is 5.82 Å². The van der Waals surface area contributed by atoms with E-state index < -0.39 is 10.0 Å². The lowest BCUT2D eigenvalue weighted by molar-refractivity contribution is 0.422. The average Bonchev–Trinajstić information content (AvgIpc) is 2.76. The number of sulfonamides is 1. The maximum atomic E-state index is 11.4. The van der Waals surface area contributed by atoms with Gasteiger partial charge in [-0.05, 0) is 12.1 Å². The zero-order chi connectivity index (χ0) is 12.5. The summed E-state index contributed by atoms with van der Waals surface area (Å²) in [6, 6.07) is 6.24. The molecule has 0 bridgehead atoms. The van der Waals surface area contributed by atoms with Gasteiger partial charge < -0.3 is 4.52 Å². The third-order valence-corrected chi connectivity index (χ3v) is 3.18. The van der Waals surface area contributed by atoms with Crippen molar-refractivity contribution in [3.63, 3.8) is 0 Å². The lowest BCUT2D eigenvalue weighted by Gasteiger charge is -2.02. The second-order valence-electron chi connectivity index (χ2n) is 3.41. The molecule has 17 heavy (non-hydrogen) atoms.